The molecule has 0 aromatic heterocycles. The molecule has 0 aromatic carbocycles. The molecule has 0 saturated heterocycles. The number of carboxylic acid groups (broad SMARTS) is 1. The van der Waals surface area contributed by atoms with Crippen molar-refractivity contribution in [1.29, 1.82) is 0 Å². The summed E-state index contributed by atoms with van der Waals surface area (Å²) in [5.41, 5.74) is 1.05. The topological polar surface area (TPSA) is 63.6 Å². The first-order valence-corrected chi connectivity index (χ1v) is 4.95. The van der Waals surface area contributed by atoms with E-state index in [4.69, 9.17) is 5.11 Å². The van der Waals surface area contributed by atoms with Gasteiger partial charge in [0.2, 0.25) is 0 Å². The molecule has 0 saturated carbocycles. The lowest BCUT2D eigenvalue weighted by molar-refractivity contribution is -0.157. The first kappa shape index (κ1) is 11.8. The third-order valence-electron chi connectivity index (χ3n) is 2.88. The van der Waals surface area contributed by atoms with Crippen LogP contribution in [0.4, 0.5) is 0 Å². The highest BCUT2D eigenvalue weighted by atomic mass is 16.5. The van der Waals surface area contributed by atoms with Crippen molar-refractivity contribution in [1.82, 2.24) is 0 Å². The number of allylic oxidation sites excluding steroid dienone is 2. The summed E-state index contributed by atoms with van der Waals surface area (Å²) in [4.78, 5) is 22.5. The summed E-state index contributed by atoms with van der Waals surface area (Å²) in [7, 11) is 1.29. The number of hydrogen-bond donors (Lipinski definition) is 1. The molecule has 0 heterocycles. The maximum Gasteiger partial charge on any atom is 0.309 e. The molecule has 4 nitrogen and oxygen atoms in total. The van der Waals surface area contributed by atoms with Gasteiger partial charge in [-0.15, -0.1) is 0 Å². The first-order valence-electron chi connectivity index (χ1n) is 4.95. The molecule has 0 fully saturated rings. The van der Waals surface area contributed by atoms with E-state index in [2.05, 4.69) is 4.74 Å². The zero-order chi connectivity index (χ0) is 11.6. The van der Waals surface area contributed by atoms with E-state index in [1.54, 1.807) is 0 Å². The van der Waals surface area contributed by atoms with E-state index in [9.17, 15) is 9.59 Å². The highest BCUT2D eigenvalue weighted by molar-refractivity contribution is 5.82. The van der Waals surface area contributed by atoms with Crippen LogP contribution in [-0.2, 0) is 14.3 Å². The number of rotatable bonds is 2. The minimum absolute atomic E-state index is 0.125. The zero-order valence-corrected chi connectivity index (χ0v) is 9.19. The normalized spacial score (nSPS) is 30.6. The van der Waals surface area contributed by atoms with Crippen molar-refractivity contribution >= 4 is 11.9 Å². The fourth-order valence-electron chi connectivity index (χ4n) is 2.24. The number of esters is 1. The Kier molecular flexibility index (Phi) is 3.50. The Morgan fingerprint density at radius 3 is 2.60 bits per heavy atom. The van der Waals surface area contributed by atoms with Gasteiger partial charge in [0.05, 0.1) is 18.9 Å². The number of hydrogen-bond acceptors (Lipinski definition) is 3. The number of aliphatic carboxylic acids is 1. The van der Waals surface area contributed by atoms with Gasteiger partial charge in [-0.1, -0.05) is 18.6 Å². The van der Waals surface area contributed by atoms with Crippen molar-refractivity contribution in [3.63, 3.8) is 0 Å². The summed E-state index contributed by atoms with van der Waals surface area (Å²) in [5.74, 6) is -2.70. The van der Waals surface area contributed by atoms with Gasteiger partial charge in [-0.25, -0.2) is 0 Å². The molecule has 1 rings (SSSR count). The van der Waals surface area contributed by atoms with E-state index < -0.39 is 23.8 Å². The molecular formula is C11H16O4. The summed E-state index contributed by atoms with van der Waals surface area (Å²) in [5, 5.41) is 9.07. The van der Waals surface area contributed by atoms with Gasteiger partial charge in [-0.3, -0.25) is 9.59 Å². The highest BCUT2D eigenvalue weighted by Gasteiger charge is 2.40. The van der Waals surface area contributed by atoms with Crippen molar-refractivity contribution < 1.29 is 19.4 Å². The molecule has 1 aliphatic carbocycles. The Morgan fingerprint density at radius 2 is 2.13 bits per heavy atom. The Hall–Kier alpha value is -1.32. The summed E-state index contributed by atoms with van der Waals surface area (Å²) < 4.78 is 4.64. The third kappa shape index (κ3) is 2.37. The van der Waals surface area contributed by atoms with Gasteiger partial charge in [-0.05, 0) is 19.3 Å². The number of ether oxygens (including phenoxy) is 1. The molecule has 0 aliphatic heterocycles. The summed E-state index contributed by atoms with van der Waals surface area (Å²) in [6.07, 6.45) is 2.40. The smallest absolute Gasteiger partial charge is 0.309 e. The molecule has 0 aromatic rings. The van der Waals surface area contributed by atoms with Crippen LogP contribution >= 0.6 is 0 Å². The highest BCUT2D eigenvalue weighted by Crippen LogP contribution is 2.34. The molecule has 0 spiro atoms. The first-order chi connectivity index (χ1) is 6.97. The van der Waals surface area contributed by atoms with Gasteiger partial charge >= 0.3 is 11.9 Å². The van der Waals surface area contributed by atoms with E-state index in [0.717, 1.165) is 5.57 Å². The van der Waals surface area contributed by atoms with Crippen LogP contribution in [0.2, 0.25) is 0 Å². The van der Waals surface area contributed by atoms with E-state index >= 15 is 0 Å². The Labute approximate surface area is 88.9 Å². The third-order valence-corrected chi connectivity index (χ3v) is 2.88. The molecular weight excluding hydrogens is 196 g/mol. The lowest BCUT2D eigenvalue weighted by atomic mass is 9.74. The van der Waals surface area contributed by atoms with Crippen LogP contribution in [-0.4, -0.2) is 24.2 Å². The second kappa shape index (κ2) is 4.47. The number of carbonyl (C=O) groups excluding carboxylic acids is 1. The lowest BCUT2D eigenvalue weighted by Crippen LogP contribution is -2.37. The summed E-state index contributed by atoms with van der Waals surface area (Å²) in [6.45, 7) is 3.72. The van der Waals surface area contributed by atoms with E-state index in [1.165, 1.54) is 7.11 Å². The van der Waals surface area contributed by atoms with Crippen LogP contribution in [0.5, 0.6) is 0 Å². The molecule has 3 atom stereocenters. The molecule has 0 unspecified atom stereocenters. The molecule has 0 bridgehead atoms. The quantitative estimate of drug-likeness (QED) is 0.556. The number of carboxylic acids is 1. The van der Waals surface area contributed by atoms with E-state index in [0.29, 0.717) is 6.42 Å². The molecule has 4 heteroatoms. The van der Waals surface area contributed by atoms with Crippen molar-refractivity contribution in [3.8, 4) is 0 Å². The van der Waals surface area contributed by atoms with Gasteiger partial charge in [0.25, 0.3) is 0 Å². The molecule has 0 radical (unpaired) electrons. The molecule has 1 aliphatic rings. The van der Waals surface area contributed by atoms with E-state index in [1.807, 2.05) is 19.9 Å². The maximum absolute atomic E-state index is 11.5. The van der Waals surface area contributed by atoms with Crippen molar-refractivity contribution in [2.75, 3.05) is 7.11 Å². The minimum Gasteiger partial charge on any atom is -0.481 e. The lowest BCUT2D eigenvalue weighted by Gasteiger charge is -2.30. The van der Waals surface area contributed by atoms with Crippen molar-refractivity contribution in [2.45, 2.75) is 20.3 Å². The number of carbonyl (C=O) groups is 2. The van der Waals surface area contributed by atoms with Gasteiger partial charge < -0.3 is 9.84 Å². The van der Waals surface area contributed by atoms with Crippen LogP contribution in [0.1, 0.15) is 20.3 Å². The van der Waals surface area contributed by atoms with Gasteiger partial charge in [0, 0.05) is 0 Å². The van der Waals surface area contributed by atoms with Gasteiger partial charge in [0.15, 0.2) is 0 Å². The minimum atomic E-state index is -0.929. The monoisotopic (exact) mass is 212 g/mol. The molecule has 0 amide bonds. The second-order valence-corrected chi connectivity index (χ2v) is 4.07. The SMILES string of the molecule is COC(=O)[C@H]1CC(C)=C[C@H](C)[C@@H]1C(=O)O. The molecule has 84 valence electrons. The average Bonchev–Trinajstić information content (AvgIpc) is 2.14. The fraction of sp³-hybridized carbons (Fsp3) is 0.636. The number of methoxy groups -OCH3 is 1. The van der Waals surface area contributed by atoms with Crippen LogP contribution in [0.15, 0.2) is 11.6 Å². The van der Waals surface area contributed by atoms with Crippen molar-refractivity contribution in [3.05, 3.63) is 11.6 Å². The zero-order valence-electron chi connectivity index (χ0n) is 9.19. The van der Waals surface area contributed by atoms with Crippen LogP contribution in [0.25, 0.3) is 0 Å². The summed E-state index contributed by atoms with van der Waals surface area (Å²) in [6, 6.07) is 0. The molecule has 15 heavy (non-hydrogen) atoms. The predicted octanol–water partition coefficient (Wildman–Crippen LogP) is 1.46. The maximum atomic E-state index is 11.5. The standard InChI is InChI=1S/C11H16O4/c1-6-4-7(2)9(10(12)13)8(5-6)11(14)15-3/h4,7-9H,5H2,1-3H3,(H,12,13)/t7-,8-,9-/m0/s1. The van der Waals surface area contributed by atoms with E-state index in [-0.39, 0.29) is 5.92 Å². The van der Waals surface area contributed by atoms with Crippen molar-refractivity contribution in [2.24, 2.45) is 17.8 Å². The Bertz CT molecular complexity index is 306. The predicted molar refractivity (Wildman–Crippen MR) is 54.2 cm³/mol. The largest absolute Gasteiger partial charge is 0.481 e. The van der Waals surface area contributed by atoms with Crippen LogP contribution in [0, 0.1) is 17.8 Å². The van der Waals surface area contributed by atoms with Crippen LogP contribution < -0.4 is 0 Å². The summed E-state index contributed by atoms with van der Waals surface area (Å²) >= 11 is 0. The Morgan fingerprint density at radius 1 is 1.53 bits per heavy atom. The molecule has 1 N–H and O–H groups in total. The van der Waals surface area contributed by atoms with Crippen LogP contribution in [0.3, 0.4) is 0 Å². The Balaban J connectivity index is 2.97. The fourth-order valence-corrected chi connectivity index (χ4v) is 2.24. The average molecular weight is 212 g/mol. The van der Waals surface area contributed by atoms with Gasteiger partial charge in [0.1, 0.15) is 0 Å². The second-order valence-electron chi connectivity index (χ2n) is 4.07. The van der Waals surface area contributed by atoms with Gasteiger partial charge in [-0.2, -0.15) is 0 Å².